The minimum absolute atomic E-state index is 0.00295. The molecule has 21 heavy (non-hydrogen) atoms. The lowest BCUT2D eigenvalue weighted by Crippen LogP contribution is -2.23. The molecule has 0 radical (unpaired) electrons. The van der Waals surface area contributed by atoms with Gasteiger partial charge in [0.1, 0.15) is 0 Å². The van der Waals surface area contributed by atoms with Crippen molar-refractivity contribution in [2.45, 2.75) is 26.8 Å². The Morgan fingerprint density at radius 1 is 1.29 bits per heavy atom. The third-order valence-corrected chi connectivity index (χ3v) is 3.19. The van der Waals surface area contributed by atoms with Gasteiger partial charge in [-0.3, -0.25) is 4.79 Å². The van der Waals surface area contributed by atoms with Gasteiger partial charge in [-0.05, 0) is 37.1 Å². The number of nitrogens with zero attached hydrogens (tertiary/aromatic N) is 1. The van der Waals surface area contributed by atoms with Crippen LogP contribution in [0.25, 0.3) is 11.1 Å². The highest BCUT2D eigenvalue weighted by atomic mass is 16.5. The minimum Gasteiger partial charge on any atom is -0.478 e. The van der Waals surface area contributed by atoms with E-state index in [1.54, 1.807) is 6.20 Å². The van der Waals surface area contributed by atoms with E-state index in [4.69, 9.17) is 4.74 Å². The second-order valence-electron chi connectivity index (χ2n) is 4.83. The zero-order chi connectivity index (χ0) is 15.2. The second kappa shape index (κ2) is 6.88. The Kier molecular flexibility index (Phi) is 4.93. The first-order valence-corrected chi connectivity index (χ1v) is 7.07. The Morgan fingerprint density at radius 3 is 2.62 bits per heavy atom. The van der Waals surface area contributed by atoms with E-state index in [-0.39, 0.29) is 11.9 Å². The molecule has 1 N–H and O–H groups in total. The molecule has 0 fully saturated rings. The Hall–Kier alpha value is -2.36. The van der Waals surface area contributed by atoms with Crippen molar-refractivity contribution in [3.63, 3.8) is 0 Å². The molecule has 1 aromatic heterocycles. The maximum Gasteiger partial charge on any atom is 0.221 e. The van der Waals surface area contributed by atoms with Crippen molar-refractivity contribution in [3.8, 4) is 17.0 Å². The van der Waals surface area contributed by atoms with Crippen LogP contribution in [0.3, 0.4) is 0 Å². The molecule has 2 rings (SSSR count). The molecule has 0 aliphatic rings. The normalized spacial score (nSPS) is 11.8. The van der Waals surface area contributed by atoms with Crippen LogP contribution in [0.5, 0.6) is 5.88 Å². The largest absolute Gasteiger partial charge is 0.478 e. The van der Waals surface area contributed by atoms with Crippen molar-refractivity contribution in [1.29, 1.82) is 0 Å². The number of aromatic nitrogens is 1. The molecule has 0 spiro atoms. The third kappa shape index (κ3) is 3.81. The molecule has 1 aromatic carbocycles. The molecule has 1 unspecified atom stereocenters. The average molecular weight is 284 g/mol. The van der Waals surface area contributed by atoms with E-state index in [9.17, 15) is 4.79 Å². The van der Waals surface area contributed by atoms with E-state index in [1.165, 1.54) is 6.92 Å². The van der Waals surface area contributed by atoms with Gasteiger partial charge in [-0.15, -0.1) is 0 Å². The number of pyridine rings is 1. The molecule has 1 atom stereocenters. The lowest BCUT2D eigenvalue weighted by atomic mass is 10.0. The molecule has 0 aliphatic heterocycles. The van der Waals surface area contributed by atoms with E-state index >= 15 is 0 Å². The topological polar surface area (TPSA) is 51.2 Å². The fourth-order valence-corrected chi connectivity index (χ4v) is 2.20. The molecule has 0 saturated carbocycles. The molecule has 0 saturated heterocycles. The smallest absolute Gasteiger partial charge is 0.221 e. The quantitative estimate of drug-likeness (QED) is 0.916. The molecule has 110 valence electrons. The van der Waals surface area contributed by atoms with E-state index in [2.05, 4.69) is 10.3 Å². The van der Waals surface area contributed by atoms with E-state index in [0.29, 0.717) is 12.5 Å². The van der Waals surface area contributed by atoms with E-state index < -0.39 is 0 Å². The van der Waals surface area contributed by atoms with Crippen LogP contribution in [-0.2, 0) is 4.79 Å². The van der Waals surface area contributed by atoms with Gasteiger partial charge in [0.15, 0.2) is 0 Å². The molecule has 0 aliphatic carbocycles. The number of hydrogen-bond acceptors (Lipinski definition) is 3. The van der Waals surface area contributed by atoms with Crippen molar-refractivity contribution in [2.75, 3.05) is 6.61 Å². The number of rotatable bonds is 5. The van der Waals surface area contributed by atoms with E-state index in [0.717, 1.165) is 16.7 Å². The number of nitrogens with one attached hydrogen (secondary N) is 1. The number of benzene rings is 1. The van der Waals surface area contributed by atoms with Crippen LogP contribution < -0.4 is 10.1 Å². The number of hydrogen-bond donors (Lipinski definition) is 1. The number of carbonyl (C=O) groups excluding carboxylic acids is 1. The summed E-state index contributed by atoms with van der Waals surface area (Å²) in [7, 11) is 0. The standard InChI is InChI=1S/C17H20N2O2/c1-4-21-17-16(6-5-11-18-17)15-9-7-14(8-10-15)12(2)19-13(3)20/h5-12H,4H2,1-3H3,(H,19,20). The van der Waals surface area contributed by atoms with Gasteiger partial charge in [-0.25, -0.2) is 4.98 Å². The summed E-state index contributed by atoms with van der Waals surface area (Å²) >= 11 is 0. The van der Waals surface area contributed by atoms with Gasteiger partial charge in [0.05, 0.1) is 12.6 Å². The third-order valence-electron chi connectivity index (χ3n) is 3.19. The van der Waals surface area contributed by atoms with Crippen molar-refractivity contribution in [2.24, 2.45) is 0 Å². The SMILES string of the molecule is CCOc1ncccc1-c1ccc(C(C)NC(C)=O)cc1. The monoisotopic (exact) mass is 284 g/mol. The van der Waals surface area contributed by atoms with Crippen LogP contribution in [-0.4, -0.2) is 17.5 Å². The lowest BCUT2D eigenvalue weighted by molar-refractivity contribution is -0.119. The number of ether oxygens (including phenoxy) is 1. The van der Waals surface area contributed by atoms with Crippen LogP contribution in [0.1, 0.15) is 32.4 Å². The molecule has 4 heteroatoms. The van der Waals surface area contributed by atoms with Gasteiger partial charge in [0, 0.05) is 18.7 Å². The van der Waals surface area contributed by atoms with Crippen molar-refractivity contribution in [3.05, 3.63) is 48.2 Å². The van der Waals surface area contributed by atoms with Gasteiger partial charge >= 0.3 is 0 Å². The lowest BCUT2D eigenvalue weighted by Gasteiger charge is -2.14. The molecule has 1 heterocycles. The second-order valence-corrected chi connectivity index (χ2v) is 4.83. The zero-order valence-electron chi connectivity index (χ0n) is 12.6. The Morgan fingerprint density at radius 2 is 2.00 bits per heavy atom. The van der Waals surface area contributed by atoms with Crippen LogP contribution in [0.2, 0.25) is 0 Å². The first-order valence-electron chi connectivity index (χ1n) is 7.07. The summed E-state index contributed by atoms with van der Waals surface area (Å²) in [6.07, 6.45) is 1.72. The Bertz CT molecular complexity index is 608. The average Bonchev–Trinajstić information content (AvgIpc) is 2.48. The van der Waals surface area contributed by atoms with Gasteiger partial charge in [-0.2, -0.15) is 0 Å². The van der Waals surface area contributed by atoms with Crippen molar-refractivity contribution in [1.82, 2.24) is 10.3 Å². The highest BCUT2D eigenvalue weighted by Gasteiger charge is 2.09. The molecule has 0 bridgehead atoms. The van der Waals surface area contributed by atoms with Crippen molar-refractivity contribution >= 4 is 5.91 Å². The minimum atomic E-state index is -0.0301. The number of carbonyl (C=O) groups is 1. The summed E-state index contributed by atoms with van der Waals surface area (Å²) < 4.78 is 5.55. The molecule has 2 aromatic rings. The molecular formula is C17H20N2O2. The Labute approximate surface area is 125 Å². The van der Waals surface area contributed by atoms with Gasteiger partial charge in [-0.1, -0.05) is 24.3 Å². The summed E-state index contributed by atoms with van der Waals surface area (Å²) in [5.74, 6) is 0.611. The molecular weight excluding hydrogens is 264 g/mol. The first-order chi connectivity index (χ1) is 10.1. The summed E-state index contributed by atoms with van der Waals surface area (Å²) in [5.41, 5.74) is 3.08. The van der Waals surface area contributed by atoms with Crippen LogP contribution in [0.4, 0.5) is 0 Å². The van der Waals surface area contributed by atoms with Gasteiger partial charge in [0.25, 0.3) is 0 Å². The number of amides is 1. The van der Waals surface area contributed by atoms with Gasteiger partial charge < -0.3 is 10.1 Å². The summed E-state index contributed by atoms with van der Waals surface area (Å²) in [4.78, 5) is 15.4. The van der Waals surface area contributed by atoms with E-state index in [1.807, 2.05) is 50.2 Å². The van der Waals surface area contributed by atoms with Crippen LogP contribution in [0, 0.1) is 0 Å². The van der Waals surface area contributed by atoms with Crippen LogP contribution >= 0.6 is 0 Å². The van der Waals surface area contributed by atoms with Crippen LogP contribution in [0.15, 0.2) is 42.6 Å². The highest BCUT2D eigenvalue weighted by Crippen LogP contribution is 2.28. The summed E-state index contributed by atoms with van der Waals surface area (Å²) in [6.45, 7) is 6.01. The predicted molar refractivity (Wildman–Crippen MR) is 83.1 cm³/mol. The summed E-state index contributed by atoms with van der Waals surface area (Å²) in [5, 5.41) is 2.87. The summed E-state index contributed by atoms with van der Waals surface area (Å²) in [6, 6.07) is 11.9. The molecule has 1 amide bonds. The zero-order valence-corrected chi connectivity index (χ0v) is 12.6. The maximum atomic E-state index is 11.1. The van der Waals surface area contributed by atoms with Gasteiger partial charge in [0.2, 0.25) is 11.8 Å². The maximum absolute atomic E-state index is 11.1. The first kappa shape index (κ1) is 15.0. The Balaban J connectivity index is 2.25. The highest BCUT2D eigenvalue weighted by molar-refractivity contribution is 5.73. The fourth-order valence-electron chi connectivity index (χ4n) is 2.20. The fraction of sp³-hybridized carbons (Fsp3) is 0.294. The van der Waals surface area contributed by atoms with Crippen molar-refractivity contribution < 1.29 is 9.53 Å². The molecule has 4 nitrogen and oxygen atoms in total. The predicted octanol–water partition coefficient (Wildman–Crippen LogP) is 3.34.